The van der Waals surface area contributed by atoms with Crippen molar-refractivity contribution in [1.29, 1.82) is 0 Å². The van der Waals surface area contributed by atoms with Crippen LogP contribution in [0.15, 0.2) is 65.8 Å². The zero-order valence-electron chi connectivity index (χ0n) is 24.3. The number of oxime groups is 1. The van der Waals surface area contributed by atoms with Gasteiger partial charge in [0.1, 0.15) is 29.2 Å². The van der Waals surface area contributed by atoms with Gasteiger partial charge in [-0.15, -0.1) is 0 Å². The average Bonchev–Trinajstić information content (AvgIpc) is 3.70. The molecule has 0 aromatic heterocycles. The zero-order valence-corrected chi connectivity index (χ0v) is 25.1. The molecule has 0 saturated carbocycles. The topological polar surface area (TPSA) is 147 Å². The largest absolute Gasteiger partial charge is 0.496 e. The van der Waals surface area contributed by atoms with Crippen molar-refractivity contribution in [2.24, 2.45) is 11.1 Å². The Morgan fingerprint density at radius 2 is 1.82 bits per heavy atom. The summed E-state index contributed by atoms with van der Waals surface area (Å²) in [6.45, 7) is 4.18. The number of nitro groups is 1. The Hall–Kier alpha value is -4.84. The van der Waals surface area contributed by atoms with Gasteiger partial charge in [-0.25, -0.2) is 0 Å². The van der Waals surface area contributed by atoms with Crippen molar-refractivity contribution in [2.75, 3.05) is 48.8 Å². The number of hydrogen-bond acceptors (Lipinski definition) is 9. The second kappa shape index (κ2) is 13.6. The third kappa shape index (κ3) is 6.70. The lowest BCUT2D eigenvalue weighted by Crippen LogP contribution is -2.41. The van der Waals surface area contributed by atoms with Gasteiger partial charge in [0.2, 0.25) is 5.91 Å². The number of carbonyl (C=O) groups is 2. The molecule has 3 aromatic rings. The Morgan fingerprint density at radius 3 is 2.52 bits per heavy atom. The number of nitrogens with zero attached hydrogens (tertiary/aromatic N) is 3. The Kier molecular flexibility index (Phi) is 9.49. The highest BCUT2D eigenvalue weighted by Gasteiger charge is 2.38. The van der Waals surface area contributed by atoms with Crippen LogP contribution in [0.25, 0.3) is 0 Å². The first-order valence-corrected chi connectivity index (χ1v) is 14.7. The summed E-state index contributed by atoms with van der Waals surface area (Å²) >= 11 is 6.34. The van der Waals surface area contributed by atoms with Crippen LogP contribution < -0.4 is 25.6 Å². The van der Waals surface area contributed by atoms with Gasteiger partial charge in [-0.2, -0.15) is 0 Å². The first kappa shape index (κ1) is 30.6. The summed E-state index contributed by atoms with van der Waals surface area (Å²) in [4.78, 5) is 45.0. The van der Waals surface area contributed by atoms with Crippen molar-refractivity contribution in [3.63, 3.8) is 0 Å². The number of carbonyl (C=O) groups excluding carboxylic acids is 2. The van der Waals surface area contributed by atoms with E-state index in [-0.39, 0.29) is 35.4 Å². The van der Waals surface area contributed by atoms with E-state index in [1.165, 1.54) is 12.1 Å². The van der Waals surface area contributed by atoms with Crippen molar-refractivity contribution in [3.05, 3.63) is 86.9 Å². The van der Waals surface area contributed by atoms with Crippen LogP contribution in [-0.4, -0.2) is 61.8 Å². The third-order valence-electron chi connectivity index (χ3n) is 7.62. The fourth-order valence-corrected chi connectivity index (χ4v) is 5.55. The number of amides is 2. The van der Waals surface area contributed by atoms with Gasteiger partial charge in [0, 0.05) is 49.1 Å². The maximum Gasteiger partial charge on any atom is 0.294 e. The molecule has 2 heterocycles. The minimum absolute atomic E-state index is 0.00542. The van der Waals surface area contributed by atoms with Crippen molar-refractivity contribution >= 4 is 51.9 Å². The fourth-order valence-electron chi connectivity index (χ4n) is 5.33. The maximum absolute atomic E-state index is 13.2. The summed E-state index contributed by atoms with van der Waals surface area (Å²) in [7, 11) is 1.55. The summed E-state index contributed by atoms with van der Waals surface area (Å²) in [6, 6.07) is 17.0. The number of hydrogen-bond donors (Lipinski definition) is 3. The highest BCUT2D eigenvalue weighted by Crippen LogP contribution is 2.35. The molecule has 2 atom stereocenters. The van der Waals surface area contributed by atoms with Crippen LogP contribution in [0.3, 0.4) is 0 Å². The predicted octanol–water partition coefficient (Wildman–Crippen LogP) is 5.08. The van der Waals surface area contributed by atoms with Crippen LogP contribution in [-0.2, 0) is 9.63 Å². The minimum atomic E-state index is -0.652. The summed E-state index contributed by atoms with van der Waals surface area (Å²) < 4.78 is 5.42. The Labute approximate surface area is 259 Å². The first-order valence-electron chi connectivity index (χ1n) is 14.3. The number of ether oxygens (including phenoxy) is 1. The van der Waals surface area contributed by atoms with E-state index in [1.54, 1.807) is 32.2 Å². The molecule has 13 heteroatoms. The lowest BCUT2D eigenvalue weighted by atomic mass is 9.92. The minimum Gasteiger partial charge on any atom is -0.496 e. The molecular weight excluding hydrogens is 588 g/mol. The van der Waals surface area contributed by atoms with E-state index in [4.69, 9.17) is 21.2 Å². The number of benzene rings is 3. The summed E-state index contributed by atoms with van der Waals surface area (Å²) in [5.74, 6) is -0.833. The molecule has 44 heavy (non-hydrogen) atoms. The van der Waals surface area contributed by atoms with Gasteiger partial charge < -0.3 is 30.4 Å². The van der Waals surface area contributed by atoms with E-state index in [1.807, 2.05) is 30.3 Å². The Morgan fingerprint density at radius 1 is 1.09 bits per heavy atom. The molecule has 3 N–H and O–H groups in total. The standard InChI is InChI=1S/C31H33ClN6O6/c1-19-28(29(36-44-19)22-7-3-4-8-27(22)43-2)31(40)34-14-13-33-24-18-25(26(38(41)42)17-23(24)32)35-30(39)20-9-11-21(12-10-20)37-15-5-6-16-37/h3-4,7-12,17-19,28,33H,5-6,13-16H2,1-2H3,(H,34,40)(H,35,39). The molecule has 0 bridgehead atoms. The van der Waals surface area contributed by atoms with Crippen LogP contribution in [0.1, 0.15) is 35.7 Å². The Bertz CT molecular complexity index is 1570. The zero-order chi connectivity index (χ0) is 31.2. The van der Waals surface area contributed by atoms with Crippen LogP contribution in [0, 0.1) is 16.0 Å². The maximum atomic E-state index is 13.2. The van der Waals surface area contributed by atoms with E-state index < -0.39 is 22.9 Å². The Balaban J connectivity index is 1.22. The molecule has 2 aliphatic rings. The molecule has 5 rings (SSSR count). The number of nitrogens with one attached hydrogen (secondary N) is 3. The monoisotopic (exact) mass is 620 g/mol. The van der Waals surface area contributed by atoms with Gasteiger partial charge in [-0.1, -0.05) is 28.9 Å². The number of anilines is 3. The van der Waals surface area contributed by atoms with Crippen LogP contribution in [0.4, 0.5) is 22.7 Å². The summed E-state index contributed by atoms with van der Waals surface area (Å²) in [5, 5.41) is 24.6. The molecule has 2 unspecified atom stereocenters. The van der Waals surface area contributed by atoms with Gasteiger partial charge in [0.25, 0.3) is 11.6 Å². The second-order valence-corrected chi connectivity index (χ2v) is 10.9. The van der Waals surface area contributed by atoms with E-state index in [2.05, 4.69) is 26.0 Å². The van der Waals surface area contributed by atoms with Crippen molar-refractivity contribution < 1.29 is 24.1 Å². The molecule has 2 amide bonds. The number of halogens is 1. The van der Waals surface area contributed by atoms with Gasteiger partial charge >= 0.3 is 0 Å². The smallest absolute Gasteiger partial charge is 0.294 e. The molecule has 2 aliphatic heterocycles. The van der Waals surface area contributed by atoms with Crippen molar-refractivity contribution in [3.8, 4) is 5.75 Å². The number of para-hydroxylation sites is 1. The summed E-state index contributed by atoms with van der Waals surface area (Å²) in [6.07, 6.45) is 1.80. The van der Waals surface area contributed by atoms with E-state index in [9.17, 15) is 19.7 Å². The molecular formula is C31H33ClN6O6. The quantitative estimate of drug-likeness (QED) is 0.153. The van der Waals surface area contributed by atoms with Crippen LogP contribution >= 0.6 is 11.6 Å². The summed E-state index contributed by atoms with van der Waals surface area (Å²) in [5.41, 5.74) is 2.57. The van der Waals surface area contributed by atoms with E-state index >= 15 is 0 Å². The van der Waals surface area contributed by atoms with Crippen molar-refractivity contribution in [2.45, 2.75) is 25.9 Å². The molecule has 3 aromatic carbocycles. The molecule has 1 saturated heterocycles. The normalized spacial score (nSPS) is 17.4. The highest BCUT2D eigenvalue weighted by molar-refractivity contribution is 6.33. The van der Waals surface area contributed by atoms with Gasteiger partial charge in [-0.3, -0.25) is 19.7 Å². The molecule has 1 fully saturated rings. The van der Waals surface area contributed by atoms with Crippen molar-refractivity contribution in [1.82, 2.24) is 5.32 Å². The van der Waals surface area contributed by atoms with Gasteiger partial charge in [-0.05, 0) is 62.2 Å². The molecule has 0 spiro atoms. The third-order valence-corrected chi connectivity index (χ3v) is 7.93. The van der Waals surface area contributed by atoms with Crippen LogP contribution in [0.2, 0.25) is 5.02 Å². The molecule has 0 radical (unpaired) electrons. The average molecular weight is 621 g/mol. The number of nitro benzene ring substituents is 1. The lowest BCUT2D eigenvalue weighted by molar-refractivity contribution is -0.383. The molecule has 0 aliphatic carbocycles. The van der Waals surface area contributed by atoms with Gasteiger partial charge in [0.05, 0.1) is 22.7 Å². The van der Waals surface area contributed by atoms with Crippen LogP contribution in [0.5, 0.6) is 5.75 Å². The van der Waals surface area contributed by atoms with Gasteiger partial charge in [0.15, 0.2) is 0 Å². The fraction of sp³-hybridized carbons (Fsp3) is 0.323. The highest BCUT2D eigenvalue weighted by atomic mass is 35.5. The first-order chi connectivity index (χ1) is 21.3. The number of rotatable bonds is 11. The lowest BCUT2D eigenvalue weighted by Gasteiger charge is -2.18. The predicted molar refractivity (Wildman–Crippen MR) is 169 cm³/mol. The van der Waals surface area contributed by atoms with E-state index in [0.717, 1.165) is 31.6 Å². The SMILES string of the molecule is COc1ccccc1C1=NOC(C)C1C(=O)NCCNc1cc(NC(=O)c2ccc(N3CCCC3)cc2)c([N+](=O)[O-])cc1Cl. The van der Waals surface area contributed by atoms with E-state index in [0.29, 0.717) is 28.3 Å². The molecule has 12 nitrogen and oxygen atoms in total. The second-order valence-electron chi connectivity index (χ2n) is 10.5. The molecule has 230 valence electrons. The number of methoxy groups -OCH3 is 1.